The summed E-state index contributed by atoms with van der Waals surface area (Å²) >= 11 is 0. The van der Waals surface area contributed by atoms with Crippen LogP contribution in [-0.2, 0) is 6.18 Å². The van der Waals surface area contributed by atoms with Crippen LogP contribution in [0.3, 0.4) is 0 Å². The molecule has 4 rings (SSSR count). The molecule has 0 radical (unpaired) electrons. The fourth-order valence-corrected chi connectivity index (χ4v) is 2.40. The van der Waals surface area contributed by atoms with Crippen molar-refractivity contribution in [2.24, 2.45) is 0 Å². The first-order valence-electron chi connectivity index (χ1n) is 6.87. The zero-order valence-corrected chi connectivity index (χ0v) is 12.0. The first-order valence-corrected chi connectivity index (χ1v) is 6.87. The van der Waals surface area contributed by atoms with Crippen LogP contribution in [0, 0.1) is 0 Å². The van der Waals surface area contributed by atoms with Crippen molar-refractivity contribution < 1.29 is 22.6 Å². The summed E-state index contributed by atoms with van der Waals surface area (Å²) in [6.45, 7) is 0.137. The summed E-state index contributed by atoms with van der Waals surface area (Å²) < 4.78 is 49.0. The molecule has 0 saturated heterocycles. The number of fused-ring (bicyclic) bond motifs is 1. The number of ether oxygens (including phenoxy) is 2. The first kappa shape index (κ1) is 14.5. The Morgan fingerprint density at radius 1 is 1.08 bits per heavy atom. The summed E-state index contributed by atoms with van der Waals surface area (Å²) in [6, 6.07) is 6.62. The third-order valence-corrected chi connectivity index (χ3v) is 3.48. The third-order valence-electron chi connectivity index (χ3n) is 3.48. The molecule has 0 amide bonds. The van der Waals surface area contributed by atoms with Gasteiger partial charge in [0.25, 0.3) is 0 Å². The van der Waals surface area contributed by atoms with Crippen LogP contribution in [-0.4, -0.2) is 27.0 Å². The highest BCUT2D eigenvalue weighted by Gasteiger charge is 2.35. The number of hydrogen-bond donors (Lipinski definition) is 1. The van der Waals surface area contributed by atoms with Gasteiger partial charge in [-0.2, -0.15) is 18.3 Å². The minimum Gasteiger partial charge on any atom is -0.454 e. The average Bonchev–Trinajstić information content (AvgIpc) is 3.22. The minimum absolute atomic E-state index is 0.0752. The van der Waals surface area contributed by atoms with E-state index in [4.69, 9.17) is 9.47 Å². The van der Waals surface area contributed by atoms with Crippen LogP contribution in [0.5, 0.6) is 11.5 Å². The van der Waals surface area contributed by atoms with Crippen molar-refractivity contribution in [3.63, 3.8) is 0 Å². The fraction of sp³-hybridized carbons (Fsp3) is 0.133. The van der Waals surface area contributed by atoms with Gasteiger partial charge in [0, 0.05) is 18.0 Å². The molecule has 0 spiro atoms. The maximum atomic E-state index is 12.8. The Hall–Kier alpha value is -3.10. The number of aromatic amines is 1. The molecule has 3 heterocycles. The molecular formula is C15H9F3N4O2. The van der Waals surface area contributed by atoms with E-state index < -0.39 is 12.0 Å². The van der Waals surface area contributed by atoms with Gasteiger partial charge >= 0.3 is 6.18 Å². The lowest BCUT2D eigenvalue weighted by atomic mass is 10.0. The quantitative estimate of drug-likeness (QED) is 0.778. The van der Waals surface area contributed by atoms with Gasteiger partial charge in [-0.1, -0.05) is 6.07 Å². The summed E-state index contributed by atoms with van der Waals surface area (Å²) in [5.41, 5.74) is 1.68. The number of benzene rings is 1. The van der Waals surface area contributed by atoms with E-state index in [1.165, 1.54) is 6.07 Å². The summed E-state index contributed by atoms with van der Waals surface area (Å²) in [5, 5.41) is 6.68. The van der Waals surface area contributed by atoms with Crippen LogP contribution in [0.1, 0.15) is 5.82 Å². The molecule has 122 valence electrons. The lowest BCUT2D eigenvalue weighted by molar-refractivity contribution is -0.144. The normalized spacial score (nSPS) is 13.3. The van der Waals surface area contributed by atoms with Gasteiger partial charge in [-0.25, -0.2) is 9.97 Å². The molecule has 6 nitrogen and oxygen atoms in total. The SMILES string of the molecule is FC(F)(F)c1nccc(-c2n[nH]cc2-c2ccc3c(c2)OCO3)n1. The van der Waals surface area contributed by atoms with Gasteiger partial charge in [0.2, 0.25) is 12.6 Å². The van der Waals surface area contributed by atoms with Gasteiger partial charge in [-0.3, -0.25) is 5.10 Å². The van der Waals surface area contributed by atoms with Crippen LogP contribution in [0.15, 0.2) is 36.7 Å². The topological polar surface area (TPSA) is 72.9 Å². The smallest absolute Gasteiger partial charge is 0.451 e. The second-order valence-corrected chi connectivity index (χ2v) is 4.98. The van der Waals surface area contributed by atoms with Gasteiger partial charge < -0.3 is 9.47 Å². The van der Waals surface area contributed by atoms with Gasteiger partial charge in [-0.05, 0) is 23.8 Å². The number of alkyl halides is 3. The lowest BCUT2D eigenvalue weighted by Crippen LogP contribution is -2.11. The summed E-state index contributed by atoms with van der Waals surface area (Å²) in [7, 11) is 0. The van der Waals surface area contributed by atoms with Crippen molar-refractivity contribution in [2.75, 3.05) is 6.79 Å². The molecule has 1 N–H and O–H groups in total. The van der Waals surface area contributed by atoms with Crippen molar-refractivity contribution in [1.29, 1.82) is 0 Å². The molecule has 0 bridgehead atoms. The van der Waals surface area contributed by atoms with Crippen LogP contribution in [0.25, 0.3) is 22.5 Å². The molecule has 1 aromatic carbocycles. The zero-order chi connectivity index (χ0) is 16.7. The monoisotopic (exact) mass is 334 g/mol. The Labute approximate surface area is 133 Å². The molecule has 24 heavy (non-hydrogen) atoms. The predicted molar refractivity (Wildman–Crippen MR) is 76.2 cm³/mol. The van der Waals surface area contributed by atoms with Crippen molar-refractivity contribution in [3.05, 3.63) is 42.5 Å². The molecule has 0 unspecified atom stereocenters. The summed E-state index contributed by atoms with van der Waals surface area (Å²) in [4.78, 5) is 6.83. The molecule has 0 saturated carbocycles. The summed E-state index contributed by atoms with van der Waals surface area (Å²) in [6.07, 6.45) is -1.98. The second kappa shape index (κ2) is 5.22. The van der Waals surface area contributed by atoms with Crippen molar-refractivity contribution in [3.8, 4) is 34.0 Å². The number of rotatable bonds is 2. The van der Waals surface area contributed by atoms with Crippen LogP contribution >= 0.6 is 0 Å². The molecule has 9 heteroatoms. The molecule has 0 atom stereocenters. The van der Waals surface area contributed by atoms with Crippen molar-refractivity contribution in [2.45, 2.75) is 6.18 Å². The predicted octanol–water partition coefficient (Wildman–Crippen LogP) is 3.28. The van der Waals surface area contributed by atoms with E-state index in [9.17, 15) is 13.2 Å². The van der Waals surface area contributed by atoms with E-state index in [0.717, 1.165) is 11.8 Å². The van der Waals surface area contributed by atoms with Crippen molar-refractivity contribution in [1.82, 2.24) is 20.2 Å². The maximum absolute atomic E-state index is 12.8. The maximum Gasteiger partial charge on any atom is 0.451 e. The molecular weight excluding hydrogens is 325 g/mol. The van der Waals surface area contributed by atoms with E-state index >= 15 is 0 Å². The highest BCUT2D eigenvalue weighted by atomic mass is 19.4. The lowest BCUT2D eigenvalue weighted by Gasteiger charge is -2.07. The molecule has 2 aromatic heterocycles. The second-order valence-electron chi connectivity index (χ2n) is 4.98. The van der Waals surface area contributed by atoms with Crippen LogP contribution in [0.2, 0.25) is 0 Å². The Balaban J connectivity index is 1.78. The Morgan fingerprint density at radius 2 is 1.92 bits per heavy atom. The largest absolute Gasteiger partial charge is 0.454 e. The fourth-order valence-electron chi connectivity index (χ4n) is 2.40. The van der Waals surface area contributed by atoms with E-state index in [-0.39, 0.29) is 12.5 Å². The number of nitrogens with zero attached hydrogens (tertiary/aromatic N) is 3. The molecule has 1 aliphatic rings. The van der Waals surface area contributed by atoms with E-state index in [1.54, 1.807) is 24.4 Å². The summed E-state index contributed by atoms with van der Waals surface area (Å²) in [5.74, 6) is -0.0249. The van der Waals surface area contributed by atoms with Gasteiger partial charge in [0.1, 0.15) is 5.69 Å². The Kier molecular flexibility index (Phi) is 3.15. The van der Waals surface area contributed by atoms with Gasteiger partial charge in [0.15, 0.2) is 11.5 Å². The van der Waals surface area contributed by atoms with Crippen LogP contribution in [0.4, 0.5) is 13.2 Å². The van der Waals surface area contributed by atoms with E-state index in [1.807, 2.05) is 0 Å². The number of aromatic nitrogens is 4. The number of H-pyrrole nitrogens is 1. The molecule has 0 fully saturated rings. The van der Waals surface area contributed by atoms with E-state index in [0.29, 0.717) is 22.8 Å². The minimum atomic E-state index is -4.62. The molecule has 1 aliphatic heterocycles. The van der Waals surface area contributed by atoms with Gasteiger partial charge in [0.05, 0.1) is 5.69 Å². The number of nitrogens with one attached hydrogen (secondary N) is 1. The average molecular weight is 334 g/mol. The highest BCUT2D eigenvalue weighted by molar-refractivity contribution is 5.80. The third kappa shape index (κ3) is 2.43. The number of halogens is 3. The van der Waals surface area contributed by atoms with Gasteiger partial charge in [-0.15, -0.1) is 0 Å². The van der Waals surface area contributed by atoms with Crippen molar-refractivity contribution >= 4 is 0 Å². The molecule has 0 aliphatic carbocycles. The Morgan fingerprint density at radius 3 is 2.75 bits per heavy atom. The number of hydrogen-bond acceptors (Lipinski definition) is 5. The zero-order valence-electron chi connectivity index (χ0n) is 12.0. The van der Waals surface area contributed by atoms with Crippen LogP contribution < -0.4 is 9.47 Å². The Bertz CT molecular complexity index is 908. The standard InChI is InChI=1S/C15H9F3N4O2/c16-15(17,18)14-19-4-3-10(21-14)13-9(6-20-22-13)8-1-2-11-12(5-8)24-7-23-11/h1-6H,7H2,(H,20,22). The van der Waals surface area contributed by atoms with E-state index in [2.05, 4.69) is 20.2 Å². The molecule has 3 aromatic rings. The first-order chi connectivity index (χ1) is 11.5. The highest BCUT2D eigenvalue weighted by Crippen LogP contribution is 2.38.